The van der Waals surface area contributed by atoms with Crippen LogP contribution in [-0.2, 0) is 16.0 Å². The van der Waals surface area contributed by atoms with Gasteiger partial charge in [-0.15, -0.1) is 0 Å². The summed E-state index contributed by atoms with van der Waals surface area (Å²) < 4.78 is 23.7. The molecule has 0 aliphatic heterocycles. The Hall–Kier alpha value is -2.95. The summed E-state index contributed by atoms with van der Waals surface area (Å²) in [5.74, 6) is 0.410. The Kier molecular flexibility index (Phi) is 4.70. The lowest BCUT2D eigenvalue weighted by molar-refractivity contribution is -0.140. The molecule has 24 heavy (non-hydrogen) atoms. The number of rotatable bonds is 5. The first-order valence-electron chi connectivity index (χ1n) is 7.55. The summed E-state index contributed by atoms with van der Waals surface area (Å²) in [6.45, 7) is 0. The van der Waals surface area contributed by atoms with E-state index < -0.39 is 0 Å². The van der Waals surface area contributed by atoms with E-state index in [0.717, 1.165) is 11.1 Å². The first kappa shape index (κ1) is 15.9. The van der Waals surface area contributed by atoms with Crippen molar-refractivity contribution < 1.29 is 18.3 Å². The predicted octanol–water partition coefficient (Wildman–Crippen LogP) is 4.25. The van der Waals surface area contributed by atoms with Crippen LogP contribution in [0.3, 0.4) is 0 Å². The highest BCUT2D eigenvalue weighted by Gasteiger charge is 2.17. The third-order valence-corrected chi connectivity index (χ3v) is 3.60. The van der Waals surface area contributed by atoms with E-state index >= 15 is 0 Å². The van der Waals surface area contributed by atoms with Crippen molar-refractivity contribution in [1.82, 2.24) is 4.98 Å². The highest BCUT2D eigenvalue weighted by molar-refractivity contribution is 5.77. The maximum absolute atomic E-state index is 13.2. The van der Waals surface area contributed by atoms with Crippen molar-refractivity contribution in [3.63, 3.8) is 0 Å². The normalized spacial score (nSPS) is 10.6. The van der Waals surface area contributed by atoms with E-state index in [-0.39, 0.29) is 18.2 Å². The van der Waals surface area contributed by atoms with E-state index in [1.165, 1.54) is 19.2 Å². The van der Waals surface area contributed by atoms with Crippen LogP contribution in [0.1, 0.15) is 12.3 Å². The third-order valence-electron chi connectivity index (χ3n) is 3.60. The van der Waals surface area contributed by atoms with Crippen molar-refractivity contribution in [2.45, 2.75) is 12.8 Å². The van der Waals surface area contributed by atoms with E-state index in [4.69, 9.17) is 4.42 Å². The van der Waals surface area contributed by atoms with Gasteiger partial charge in [0.1, 0.15) is 11.5 Å². The fourth-order valence-electron chi connectivity index (χ4n) is 2.37. The highest BCUT2D eigenvalue weighted by atomic mass is 19.1. The van der Waals surface area contributed by atoms with Crippen LogP contribution in [0.25, 0.3) is 22.6 Å². The van der Waals surface area contributed by atoms with Gasteiger partial charge >= 0.3 is 5.97 Å². The lowest BCUT2D eigenvalue weighted by Gasteiger charge is -2.01. The summed E-state index contributed by atoms with van der Waals surface area (Å²) in [6.07, 6.45) is 0.530. The Labute approximate surface area is 138 Å². The van der Waals surface area contributed by atoms with E-state index in [1.54, 1.807) is 12.1 Å². The van der Waals surface area contributed by atoms with Gasteiger partial charge in [-0.2, -0.15) is 0 Å². The zero-order chi connectivity index (χ0) is 16.9. The van der Waals surface area contributed by atoms with Gasteiger partial charge in [-0.25, -0.2) is 9.37 Å². The van der Waals surface area contributed by atoms with Gasteiger partial charge in [-0.3, -0.25) is 4.79 Å². The number of aromatic nitrogens is 1. The first-order chi connectivity index (χ1) is 11.7. The largest absolute Gasteiger partial charge is 0.469 e. The van der Waals surface area contributed by atoms with Crippen molar-refractivity contribution in [1.29, 1.82) is 0 Å². The average molecular weight is 325 g/mol. The molecule has 0 atom stereocenters. The quantitative estimate of drug-likeness (QED) is 0.658. The molecule has 3 aromatic rings. The summed E-state index contributed by atoms with van der Waals surface area (Å²) in [7, 11) is 1.34. The molecular formula is C19H16FNO3. The number of carbonyl (C=O) groups excluding carboxylic acids is 1. The molecule has 5 heteroatoms. The maximum Gasteiger partial charge on any atom is 0.306 e. The molecule has 0 N–H and O–H groups in total. The van der Waals surface area contributed by atoms with Crippen LogP contribution in [0.5, 0.6) is 0 Å². The summed E-state index contributed by atoms with van der Waals surface area (Å²) in [6, 6.07) is 15.6. The van der Waals surface area contributed by atoms with Gasteiger partial charge in [0.05, 0.1) is 13.5 Å². The fraction of sp³-hybridized carbons (Fsp3) is 0.158. The predicted molar refractivity (Wildman–Crippen MR) is 87.7 cm³/mol. The summed E-state index contributed by atoms with van der Waals surface area (Å²) >= 11 is 0. The maximum atomic E-state index is 13.2. The number of ether oxygens (including phenoxy) is 1. The van der Waals surface area contributed by atoms with Crippen LogP contribution in [0, 0.1) is 5.82 Å². The van der Waals surface area contributed by atoms with E-state index in [0.29, 0.717) is 23.8 Å². The number of halogens is 1. The number of methoxy groups -OCH3 is 1. The number of oxazole rings is 1. The molecule has 0 aliphatic rings. The van der Waals surface area contributed by atoms with Crippen molar-refractivity contribution >= 4 is 5.97 Å². The molecular weight excluding hydrogens is 309 g/mol. The van der Waals surface area contributed by atoms with Gasteiger partial charge in [0.15, 0.2) is 11.7 Å². The number of aryl methyl sites for hydroxylation is 1. The zero-order valence-corrected chi connectivity index (χ0v) is 13.2. The smallest absolute Gasteiger partial charge is 0.306 e. The lowest BCUT2D eigenvalue weighted by atomic mass is 10.1. The summed E-state index contributed by atoms with van der Waals surface area (Å²) in [4.78, 5) is 15.8. The second-order valence-electron chi connectivity index (χ2n) is 5.23. The molecule has 0 unspecified atom stereocenters. The Balaban J connectivity index is 2.00. The number of hydrogen-bond donors (Lipinski definition) is 0. The molecule has 4 nitrogen and oxygen atoms in total. The number of benzene rings is 2. The van der Waals surface area contributed by atoms with Crippen molar-refractivity contribution in [3.8, 4) is 22.6 Å². The fourth-order valence-corrected chi connectivity index (χ4v) is 2.37. The molecule has 0 spiro atoms. The van der Waals surface area contributed by atoms with Gasteiger partial charge in [-0.05, 0) is 24.3 Å². The Morgan fingerprint density at radius 2 is 1.79 bits per heavy atom. The van der Waals surface area contributed by atoms with Gasteiger partial charge in [-0.1, -0.05) is 30.3 Å². The molecule has 0 saturated heterocycles. The second kappa shape index (κ2) is 7.08. The SMILES string of the molecule is COC(=O)CCc1nc(-c2ccc(F)cc2)c(-c2ccccc2)o1. The van der Waals surface area contributed by atoms with Gasteiger partial charge in [0.2, 0.25) is 0 Å². The summed E-state index contributed by atoms with van der Waals surface area (Å²) in [5.41, 5.74) is 2.25. The Morgan fingerprint density at radius 1 is 1.08 bits per heavy atom. The van der Waals surface area contributed by atoms with E-state index in [1.807, 2.05) is 30.3 Å². The molecule has 0 bridgehead atoms. The molecule has 0 aliphatic carbocycles. The summed E-state index contributed by atoms with van der Waals surface area (Å²) in [5, 5.41) is 0. The lowest BCUT2D eigenvalue weighted by Crippen LogP contribution is -2.01. The van der Waals surface area contributed by atoms with Crippen LogP contribution in [0.2, 0.25) is 0 Å². The minimum absolute atomic E-state index is 0.189. The molecule has 0 fully saturated rings. The van der Waals surface area contributed by atoms with Gasteiger partial charge < -0.3 is 9.15 Å². The van der Waals surface area contributed by atoms with Crippen LogP contribution >= 0.6 is 0 Å². The molecule has 1 aromatic heterocycles. The van der Waals surface area contributed by atoms with Crippen LogP contribution < -0.4 is 0 Å². The number of carbonyl (C=O) groups is 1. The van der Waals surface area contributed by atoms with E-state index in [2.05, 4.69) is 9.72 Å². The Bertz CT molecular complexity index is 826. The highest BCUT2D eigenvalue weighted by Crippen LogP contribution is 2.33. The monoisotopic (exact) mass is 325 g/mol. The standard InChI is InChI=1S/C19H16FNO3/c1-23-17(22)12-11-16-21-18(13-7-9-15(20)10-8-13)19(24-16)14-5-3-2-4-6-14/h2-10H,11-12H2,1H3. The zero-order valence-electron chi connectivity index (χ0n) is 13.2. The van der Waals surface area contributed by atoms with Gasteiger partial charge in [0.25, 0.3) is 0 Å². The van der Waals surface area contributed by atoms with Crippen molar-refractivity contribution in [2.75, 3.05) is 7.11 Å². The molecule has 122 valence electrons. The molecule has 1 heterocycles. The molecule has 3 rings (SSSR count). The molecule has 2 aromatic carbocycles. The average Bonchev–Trinajstić information content (AvgIpc) is 3.05. The van der Waals surface area contributed by atoms with E-state index in [9.17, 15) is 9.18 Å². The van der Waals surface area contributed by atoms with Crippen LogP contribution in [0.15, 0.2) is 59.0 Å². The molecule has 0 saturated carbocycles. The van der Waals surface area contributed by atoms with Crippen LogP contribution in [-0.4, -0.2) is 18.1 Å². The molecule has 0 radical (unpaired) electrons. The second-order valence-corrected chi connectivity index (χ2v) is 5.23. The van der Waals surface area contributed by atoms with Crippen molar-refractivity contribution in [2.24, 2.45) is 0 Å². The molecule has 0 amide bonds. The van der Waals surface area contributed by atoms with Crippen LogP contribution in [0.4, 0.5) is 4.39 Å². The number of nitrogens with zero attached hydrogens (tertiary/aromatic N) is 1. The minimum Gasteiger partial charge on any atom is -0.469 e. The number of esters is 1. The first-order valence-corrected chi connectivity index (χ1v) is 7.55. The topological polar surface area (TPSA) is 52.3 Å². The Morgan fingerprint density at radius 3 is 2.46 bits per heavy atom. The third kappa shape index (κ3) is 3.51. The van der Waals surface area contributed by atoms with Gasteiger partial charge in [0, 0.05) is 17.5 Å². The number of hydrogen-bond acceptors (Lipinski definition) is 4. The minimum atomic E-state index is -0.321. The van der Waals surface area contributed by atoms with Crippen molar-refractivity contribution in [3.05, 3.63) is 66.3 Å².